The number of alkyl halides is 1. The van der Waals surface area contributed by atoms with Crippen molar-refractivity contribution in [3.63, 3.8) is 0 Å². The molecule has 0 radical (unpaired) electrons. The van der Waals surface area contributed by atoms with Crippen LogP contribution in [0.5, 0.6) is 0 Å². The summed E-state index contributed by atoms with van der Waals surface area (Å²) in [6, 6.07) is 7.82. The van der Waals surface area contributed by atoms with Gasteiger partial charge in [-0.25, -0.2) is 4.79 Å². The summed E-state index contributed by atoms with van der Waals surface area (Å²) in [5.74, 6) is 0.413. The summed E-state index contributed by atoms with van der Waals surface area (Å²) in [6.45, 7) is 1.95. The summed E-state index contributed by atoms with van der Waals surface area (Å²) < 4.78 is 2.19. The van der Waals surface area contributed by atoms with Gasteiger partial charge < -0.3 is 14.8 Å². The number of urea groups is 1. The van der Waals surface area contributed by atoms with Gasteiger partial charge in [-0.1, -0.05) is 0 Å². The molecule has 1 aliphatic heterocycles. The van der Waals surface area contributed by atoms with Gasteiger partial charge in [-0.15, -0.1) is 11.6 Å². The smallest absolute Gasteiger partial charge is 0.318 e. The SMILES string of the molecule is O=C(NCCCl)N1CCn2cccc2[C@@H]1c1ccncc1. The Morgan fingerprint density at radius 2 is 2.14 bits per heavy atom. The second-order valence-electron chi connectivity index (χ2n) is 4.92. The van der Waals surface area contributed by atoms with E-state index in [1.807, 2.05) is 23.1 Å². The van der Waals surface area contributed by atoms with Crippen molar-refractivity contribution in [3.8, 4) is 0 Å². The summed E-state index contributed by atoms with van der Waals surface area (Å²) in [5, 5.41) is 2.85. The Hall–Kier alpha value is -2.01. The molecule has 0 bridgehead atoms. The number of nitrogens with one attached hydrogen (secondary N) is 1. The van der Waals surface area contributed by atoms with Crippen molar-refractivity contribution in [1.82, 2.24) is 19.8 Å². The third-order valence-corrected chi connectivity index (χ3v) is 3.88. The molecule has 21 heavy (non-hydrogen) atoms. The van der Waals surface area contributed by atoms with Gasteiger partial charge in [-0.05, 0) is 29.8 Å². The van der Waals surface area contributed by atoms with Crippen LogP contribution in [0.15, 0.2) is 42.9 Å². The highest BCUT2D eigenvalue weighted by Gasteiger charge is 2.31. The predicted molar refractivity (Wildman–Crippen MR) is 81.3 cm³/mol. The highest BCUT2D eigenvalue weighted by atomic mass is 35.5. The van der Waals surface area contributed by atoms with Crippen LogP contribution in [-0.2, 0) is 6.54 Å². The monoisotopic (exact) mass is 304 g/mol. The van der Waals surface area contributed by atoms with Crippen LogP contribution in [0.2, 0.25) is 0 Å². The van der Waals surface area contributed by atoms with Crippen molar-refractivity contribution < 1.29 is 4.79 Å². The van der Waals surface area contributed by atoms with Crippen molar-refractivity contribution in [2.75, 3.05) is 19.0 Å². The quantitative estimate of drug-likeness (QED) is 0.884. The number of hydrogen-bond donors (Lipinski definition) is 1. The molecule has 3 heterocycles. The zero-order valence-corrected chi connectivity index (χ0v) is 12.3. The third kappa shape index (κ3) is 2.74. The number of rotatable bonds is 3. The van der Waals surface area contributed by atoms with Crippen LogP contribution < -0.4 is 5.32 Å². The maximum Gasteiger partial charge on any atom is 0.318 e. The minimum Gasteiger partial charge on any atom is -0.348 e. The molecule has 1 aliphatic rings. The molecule has 0 aromatic carbocycles. The highest BCUT2D eigenvalue weighted by molar-refractivity contribution is 6.18. The first-order valence-electron chi connectivity index (χ1n) is 6.96. The van der Waals surface area contributed by atoms with E-state index in [0.29, 0.717) is 19.0 Å². The van der Waals surface area contributed by atoms with Crippen molar-refractivity contribution in [2.45, 2.75) is 12.6 Å². The van der Waals surface area contributed by atoms with Gasteiger partial charge in [0, 0.05) is 49.8 Å². The first-order valence-corrected chi connectivity index (χ1v) is 7.50. The van der Waals surface area contributed by atoms with E-state index in [1.54, 1.807) is 12.4 Å². The lowest BCUT2D eigenvalue weighted by atomic mass is 10.0. The number of carbonyl (C=O) groups excluding carboxylic acids is 1. The molecule has 1 N–H and O–H groups in total. The molecular weight excluding hydrogens is 288 g/mol. The van der Waals surface area contributed by atoms with Crippen molar-refractivity contribution in [2.24, 2.45) is 0 Å². The van der Waals surface area contributed by atoms with Crippen LogP contribution in [0.3, 0.4) is 0 Å². The Morgan fingerprint density at radius 1 is 1.33 bits per heavy atom. The van der Waals surface area contributed by atoms with E-state index >= 15 is 0 Å². The maximum atomic E-state index is 12.4. The van der Waals surface area contributed by atoms with E-state index in [4.69, 9.17) is 11.6 Å². The lowest BCUT2D eigenvalue weighted by molar-refractivity contribution is 0.169. The van der Waals surface area contributed by atoms with E-state index in [-0.39, 0.29) is 12.1 Å². The highest BCUT2D eigenvalue weighted by Crippen LogP contribution is 2.31. The molecule has 0 saturated carbocycles. The van der Waals surface area contributed by atoms with E-state index in [2.05, 4.69) is 27.1 Å². The fourth-order valence-electron chi connectivity index (χ4n) is 2.75. The van der Waals surface area contributed by atoms with Crippen molar-refractivity contribution >= 4 is 17.6 Å². The molecule has 5 nitrogen and oxygen atoms in total. The van der Waals surface area contributed by atoms with Crippen molar-refractivity contribution in [1.29, 1.82) is 0 Å². The first-order chi connectivity index (χ1) is 10.3. The Morgan fingerprint density at radius 3 is 2.90 bits per heavy atom. The molecule has 0 unspecified atom stereocenters. The molecule has 0 fully saturated rings. The lowest BCUT2D eigenvalue weighted by Gasteiger charge is -2.37. The molecule has 0 saturated heterocycles. The van der Waals surface area contributed by atoms with E-state index in [9.17, 15) is 4.79 Å². The molecule has 3 rings (SSSR count). The molecule has 2 aromatic heterocycles. The minimum atomic E-state index is -0.0907. The number of hydrogen-bond acceptors (Lipinski definition) is 2. The maximum absolute atomic E-state index is 12.4. The summed E-state index contributed by atoms with van der Waals surface area (Å²) in [5.41, 5.74) is 2.18. The Labute approximate surface area is 128 Å². The number of fused-ring (bicyclic) bond motifs is 1. The zero-order valence-electron chi connectivity index (χ0n) is 11.6. The third-order valence-electron chi connectivity index (χ3n) is 3.69. The lowest BCUT2D eigenvalue weighted by Crippen LogP contribution is -2.47. The molecular formula is C15H17ClN4O. The van der Waals surface area contributed by atoms with Crippen molar-refractivity contribution in [3.05, 3.63) is 54.1 Å². The van der Waals surface area contributed by atoms with Crippen LogP contribution in [-0.4, -0.2) is 39.5 Å². The Bertz CT molecular complexity index is 613. The fraction of sp³-hybridized carbons (Fsp3) is 0.333. The summed E-state index contributed by atoms with van der Waals surface area (Å²) >= 11 is 5.66. The second kappa shape index (κ2) is 6.18. The van der Waals surface area contributed by atoms with Crippen LogP contribution in [0.25, 0.3) is 0 Å². The number of amides is 2. The van der Waals surface area contributed by atoms with Gasteiger partial charge in [0.2, 0.25) is 0 Å². The molecule has 0 spiro atoms. The topological polar surface area (TPSA) is 50.2 Å². The molecule has 2 amide bonds. The predicted octanol–water partition coefficient (Wildman–Crippen LogP) is 2.24. The average molecular weight is 305 g/mol. The van der Waals surface area contributed by atoms with Gasteiger partial charge in [0.05, 0.1) is 6.04 Å². The van der Waals surface area contributed by atoms with Crippen LogP contribution in [0.1, 0.15) is 17.3 Å². The van der Waals surface area contributed by atoms with Crippen LogP contribution in [0, 0.1) is 0 Å². The summed E-state index contributed by atoms with van der Waals surface area (Å²) in [4.78, 5) is 18.3. The van der Waals surface area contributed by atoms with E-state index < -0.39 is 0 Å². The first kappa shape index (κ1) is 13.9. The largest absolute Gasteiger partial charge is 0.348 e. The molecule has 2 aromatic rings. The molecule has 0 aliphatic carbocycles. The van der Waals surface area contributed by atoms with Crippen LogP contribution in [0.4, 0.5) is 4.79 Å². The van der Waals surface area contributed by atoms with Crippen LogP contribution >= 0.6 is 11.6 Å². The number of carbonyl (C=O) groups is 1. The van der Waals surface area contributed by atoms with Gasteiger partial charge >= 0.3 is 6.03 Å². The summed E-state index contributed by atoms with van der Waals surface area (Å²) in [7, 11) is 0. The Kier molecular flexibility index (Phi) is 4.10. The number of aromatic nitrogens is 2. The minimum absolute atomic E-state index is 0.0788. The van der Waals surface area contributed by atoms with Gasteiger partial charge in [0.15, 0.2) is 0 Å². The molecule has 110 valence electrons. The van der Waals surface area contributed by atoms with E-state index in [0.717, 1.165) is 17.8 Å². The standard InChI is InChI=1S/C15H17ClN4O/c16-5-8-18-15(21)20-11-10-19-9-1-2-13(19)14(20)12-3-6-17-7-4-12/h1-4,6-7,9,14H,5,8,10-11H2,(H,18,21)/t14-/m0/s1. The number of nitrogens with zero attached hydrogens (tertiary/aromatic N) is 3. The van der Waals surface area contributed by atoms with Gasteiger partial charge in [0.25, 0.3) is 0 Å². The number of pyridine rings is 1. The van der Waals surface area contributed by atoms with Gasteiger partial charge in [0.1, 0.15) is 0 Å². The zero-order chi connectivity index (χ0) is 14.7. The average Bonchev–Trinajstić information content (AvgIpc) is 3.01. The molecule has 6 heteroatoms. The molecule has 1 atom stereocenters. The van der Waals surface area contributed by atoms with Gasteiger partial charge in [-0.3, -0.25) is 4.98 Å². The van der Waals surface area contributed by atoms with Gasteiger partial charge in [-0.2, -0.15) is 0 Å². The summed E-state index contributed by atoms with van der Waals surface area (Å²) in [6.07, 6.45) is 5.57. The fourth-order valence-corrected chi connectivity index (χ4v) is 2.85. The number of halogens is 1. The van der Waals surface area contributed by atoms with E-state index in [1.165, 1.54) is 0 Å². The second-order valence-corrected chi connectivity index (χ2v) is 5.30. The normalized spacial score (nSPS) is 17.4. The Balaban J connectivity index is 1.95.